The molecule has 12 heteroatoms. The predicted octanol–water partition coefficient (Wildman–Crippen LogP) is 4.73. The number of aromatic amines is 1. The van der Waals surface area contributed by atoms with Crippen molar-refractivity contribution in [2.75, 3.05) is 24.4 Å². The number of aromatic nitrogens is 3. The lowest BCUT2D eigenvalue weighted by molar-refractivity contribution is 0.241. The van der Waals surface area contributed by atoms with Crippen LogP contribution in [0.1, 0.15) is 31.2 Å². The fourth-order valence-electron chi connectivity index (χ4n) is 4.74. The molecule has 2 aromatic heterocycles. The average Bonchev–Trinajstić information content (AvgIpc) is 2.89. The number of sulfonamides is 1. The van der Waals surface area contributed by atoms with Gasteiger partial charge in [-0.15, -0.1) is 0 Å². The van der Waals surface area contributed by atoms with Gasteiger partial charge in [0.25, 0.3) is 5.56 Å². The molecular formula is C27H26ClF2N5O3S. The van der Waals surface area contributed by atoms with Crippen LogP contribution in [0.4, 0.5) is 14.5 Å². The number of pyridine rings is 1. The summed E-state index contributed by atoms with van der Waals surface area (Å²) in [7, 11) is -3.69. The Kier molecular flexibility index (Phi) is 7.66. The topological polar surface area (TPSA) is 108 Å². The van der Waals surface area contributed by atoms with Crippen LogP contribution < -0.4 is 10.3 Å². The van der Waals surface area contributed by atoms with E-state index in [2.05, 4.69) is 24.6 Å². The fraction of sp³-hybridized carbons (Fsp3) is 0.296. The zero-order chi connectivity index (χ0) is 27.7. The summed E-state index contributed by atoms with van der Waals surface area (Å²) in [5.74, 6) is -1.06. The van der Waals surface area contributed by atoms with Gasteiger partial charge in [-0.1, -0.05) is 24.6 Å². The van der Waals surface area contributed by atoms with E-state index in [-0.39, 0.29) is 28.0 Å². The Morgan fingerprint density at radius 2 is 1.82 bits per heavy atom. The van der Waals surface area contributed by atoms with Gasteiger partial charge in [0.2, 0.25) is 10.0 Å². The molecule has 2 aromatic carbocycles. The molecule has 0 radical (unpaired) electrons. The largest absolute Gasteiger partial charge is 0.310 e. The monoisotopic (exact) mass is 573 g/mol. The van der Waals surface area contributed by atoms with Gasteiger partial charge in [-0.2, -0.15) is 0 Å². The highest BCUT2D eigenvalue weighted by Crippen LogP contribution is 2.29. The molecule has 1 aliphatic rings. The van der Waals surface area contributed by atoms with Gasteiger partial charge in [0.15, 0.2) is 0 Å². The highest BCUT2D eigenvalue weighted by atomic mass is 35.5. The van der Waals surface area contributed by atoms with Crippen molar-refractivity contribution in [2.24, 2.45) is 0 Å². The van der Waals surface area contributed by atoms with Crippen molar-refractivity contribution in [2.45, 2.75) is 31.4 Å². The van der Waals surface area contributed by atoms with Crippen LogP contribution in [0.3, 0.4) is 0 Å². The van der Waals surface area contributed by atoms with E-state index >= 15 is 0 Å². The second kappa shape index (κ2) is 11.0. The molecule has 1 saturated heterocycles. The smallest absolute Gasteiger partial charge is 0.258 e. The summed E-state index contributed by atoms with van der Waals surface area (Å²) in [6.45, 7) is 4.35. The summed E-state index contributed by atoms with van der Waals surface area (Å²) in [5, 5.41) is -0.204. The number of fused-ring (bicyclic) bond motifs is 1. The molecule has 4 aromatic rings. The van der Waals surface area contributed by atoms with E-state index in [0.717, 1.165) is 12.6 Å². The van der Waals surface area contributed by atoms with Crippen molar-refractivity contribution < 1.29 is 17.2 Å². The molecule has 1 fully saturated rings. The van der Waals surface area contributed by atoms with Gasteiger partial charge in [-0.3, -0.25) is 14.5 Å². The normalized spacial score (nSPS) is 15.1. The SMILES string of the molecule is CCN1CCC(S(=O)(=O)Nc2cc3nc(Cc4ccc(-c5cc(F)cc(F)c5)nc4)[nH]c(=O)c3cc2Cl)CC1. The molecule has 3 heterocycles. The molecular weight excluding hydrogens is 548 g/mol. The Balaban J connectivity index is 1.38. The zero-order valence-electron chi connectivity index (χ0n) is 21.0. The van der Waals surface area contributed by atoms with Gasteiger partial charge in [0, 0.05) is 24.2 Å². The molecule has 2 N–H and O–H groups in total. The van der Waals surface area contributed by atoms with E-state index < -0.39 is 32.5 Å². The summed E-state index contributed by atoms with van der Waals surface area (Å²) in [4.78, 5) is 26.5. The number of anilines is 1. The third-order valence-electron chi connectivity index (χ3n) is 6.87. The number of benzene rings is 2. The van der Waals surface area contributed by atoms with Crippen LogP contribution in [0, 0.1) is 11.6 Å². The van der Waals surface area contributed by atoms with E-state index in [9.17, 15) is 22.0 Å². The number of nitrogens with zero attached hydrogens (tertiary/aromatic N) is 3. The predicted molar refractivity (Wildman–Crippen MR) is 147 cm³/mol. The molecule has 204 valence electrons. The van der Waals surface area contributed by atoms with Gasteiger partial charge in [0.1, 0.15) is 17.5 Å². The molecule has 0 amide bonds. The Labute approximate surface area is 229 Å². The van der Waals surface area contributed by atoms with Gasteiger partial charge in [0.05, 0.1) is 32.6 Å². The lowest BCUT2D eigenvalue weighted by Crippen LogP contribution is -2.41. The summed E-state index contributed by atoms with van der Waals surface area (Å²) in [6.07, 6.45) is 2.80. The van der Waals surface area contributed by atoms with Crippen molar-refractivity contribution in [3.05, 3.63) is 87.1 Å². The summed E-state index contributed by atoms with van der Waals surface area (Å²) >= 11 is 6.35. The molecule has 39 heavy (non-hydrogen) atoms. The first-order chi connectivity index (χ1) is 18.6. The van der Waals surface area contributed by atoms with Crippen LogP contribution in [0.25, 0.3) is 22.2 Å². The summed E-state index contributed by atoms with van der Waals surface area (Å²) < 4.78 is 55.8. The first-order valence-corrected chi connectivity index (χ1v) is 14.4. The number of piperidine rings is 1. The highest BCUT2D eigenvalue weighted by molar-refractivity contribution is 7.93. The maximum absolute atomic E-state index is 13.6. The van der Waals surface area contributed by atoms with Crippen LogP contribution in [-0.2, 0) is 16.4 Å². The molecule has 1 aliphatic heterocycles. The maximum Gasteiger partial charge on any atom is 0.258 e. The zero-order valence-corrected chi connectivity index (χ0v) is 22.6. The molecule has 0 bridgehead atoms. The molecule has 0 atom stereocenters. The van der Waals surface area contributed by atoms with Crippen molar-refractivity contribution >= 4 is 38.2 Å². The Hall–Kier alpha value is -3.41. The van der Waals surface area contributed by atoms with E-state index in [0.29, 0.717) is 48.6 Å². The average molecular weight is 574 g/mol. The van der Waals surface area contributed by atoms with Gasteiger partial charge >= 0.3 is 0 Å². The standard InChI is InChI=1S/C27H26ClF2N5O3S/c1-2-35-7-5-20(6-8-35)39(37,38)34-25-14-24-21(13-22(25)28)27(36)33-26(32-24)9-16-3-4-23(31-15-16)17-10-18(29)12-19(30)11-17/h3-4,10-15,20,34H,2,5-9H2,1H3,(H,32,33,36). The van der Waals surface area contributed by atoms with Crippen LogP contribution in [0.2, 0.25) is 5.02 Å². The molecule has 8 nitrogen and oxygen atoms in total. The van der Waals surface area contributed by atoms with Crippen LogP contribution in [0.15, 0.2) is 53.5 Å². The quantitative estimate of drug-likeness (QED) is 0.331. The Bertz CT molecular complexity index is 1670. The molecule has 0 saturated carbocycles. The second-order valence-electron chi connectivity index (χ2n) is 9.53. The highest BCUT2D eigenvalue weighted by Gasteiger charge is 2.30. The first kappa shape index (κ1) is 27.2. The minimum absolute atomic E-state index is 0.102. The van der Waals surface area contributed by atoms with Crippen LogP contribution in [0.5, 0.6) is 0 Å². The molecule has 0 unspecified atom stereocenters. The Morgan fingerprint density at radius 1 is 1.10 bits per heavy atom. The lowest BCUT2D eigenvalue weighted by Gasteiger charge is -2.30. The lowest BCUT2D eigenvalue weighted by atomic mass is 10.1. The van der Waals surface area contributed by atoms with Crippen molar-refractivity contribution in [1.29, 1.82) is 0 Å². The third-order valence-corrected chi connectivity index (χ3v) is 9.04. The van der Waals surface area contributed by atoms with E-state index in [1.54, 1.807) is 12.1 Å². The number of hydrogen-bond donors (Lipinski definition) is 2. The minimum atomic E-state index is -3.69. The number of halogens is 3. The Morgan fingerprint density at radius 3 is 2.46 bits per heavy atom. The summed E-state index contributed by atoms with van der Waals surface area (Å²) in [5.41, 5.74) is 1.43. The first-order valence-electron chi connectivity index (χ1n) is 12.5. The minimum Gasteiger partial charge on any atom is -0.310 e. The van der Waals surface area contributed by atoms with Gasteiger partial charge < -0.3 is 9.88 Å². The van der Waals surface area contributed by atoms with Gasteiger partial charge in [-0.05, 0) is 68.4 Å². The third kappa shape index (κ3) is 6.10. The number of rotatable bonds is 7. The second-order valence-corrected chi connectivity index (χ2v) is 11.9. The van der Waals surface area contributed by atoms with Crippen molar-refractivity contribution in [1.82, 2.24) is 19.9 Å². The van der Waals surface area contributed by atoms with E-state index in [4.69, 9.17) is 11.6 Å². The number of H-pyrrole nitrogens is 1. The van der Waals surface area contributed by atoms with Crippen molar-refractivity contribution in [3.8, 4) is 11.3 Å². The van der Waals surface area contributed by atoms with Crippen LogP contribution >= 0.6 is 11.6 Å². The fourth-order valence-corrected chi connectivity index (χ4v) is 6.48. The van der Waals surface area contributed by atoms with E-state index in [1.807, 2.05) is 6.92 Å². The molecule has 0 aliphatic carbocycles. The van der Waals surface area contributed by atoms with E-state index in [1.165, 1.54) is 30.5 Å². The van der Waals surface area contributed by atoms with Crippen LogP contribution in [-0.4, -0.2) is 53.2 Å². The number of likely N-dealkylation sites (tertiary alicyclic amines) is 1. The number of nitrogens with one attached hydrogen (secondary N) is 2. The van der Waals surface area contributed by atoms with Crippen molar-refractivity contribution in [3.63, 3.8) is 0 Å². The maximum atomic E-state index is 13.6. The van der Waals surface area contributed by atoms with Gasteiger partial charge in [-0.25, -0.2) is 22.2 Å². The molecule has 5 rings (SSSR count). The molecule has 0 spiro atoms. The summed E-state index contributed by atoms with van der Waals surface area (Å²) in [6, 6.07) is 9.39. The number of hydrogen-bond acceptors (Lipinski definition) is 6.